The Bertz CT molecular complexity index is 742. The zero-order chi connectivity index (χ0) is 15.5. The van der Waals surface area contributed by atoms with Crippen LogP contribution >= 0.6 is 0 Å². The molecule has 2 rings (SSSR count). The first-order valence-electron chi connectivity index (χ1n) is 6.69. The van der Waals surface area contributed by atoms with E-state index in [1.54, 1.807) is 12.1 Å². The zero-order valence-electron chi connectivity index (χ0n) is 11.8. The number of rotatable bonds is 5. The first-order valence-corrected chi connectivity index (χ1v) is 8.23. The van der Waals surface area contributed by atoms with Crippen LogP contribution in [-0.4, -0.2) is 8.42 Å². The van der Waals surface area contributed by atoms with E-state index in [1.165, 1.54) is 6.07 Å². The first kappa shape index (κ1) is 15.3. The average molecular weight is 305 g/mol. The number of para-hydroxylation sites is 1. The fraction of sp³-hybridized carbons (Fsp3) is 0.200. The maximum Gasteiger partial charge on any atom is 0.240 e. The van der Waals surface area contributed by atoms with Gasteiger partial charge in [-0.15, -0.1) is 0 Å². The molecule has 0 unspecified atom stereocenters. The predicted molar refractivity (Wildman–Crippen MR) is 85.9 cm³/mol. The van der Waals surface area contributed by atoms with Gasteiger partial charge in [0.2, 0.25) is 10.0 Å². The smallest absolute Gasteiger partial charge is 0.240 e. The summed E-state index contributed by atoms with van der Waals surface area (Å²) in [6.45, 7) is 2.09. The summed E-state index contributed by atoms with van der Waals surface area (Å²) in [6, 6.07) is 12.4. The molecule has 5 nitrogen and oxygen atoms in total. The number of benzene rings is 2. The third-order valence-corrected chi connectivity index (χ3v) is 4.07. The highest BCUT2D eigenvalue weighted by molar-refractivity contribution is 7.89. The summed E-state index contributed by atoms with van der Waals surface area (Å²) in [5.41, 5.74) is 8.42. The topological polar surface area (TPSA) is 98.2 Å². The van der Waals surface area contributed by atoms with Crippen LogP contribution in [0.25, 0.3) is 0 Å². The van der Waals surface area contributed by atoms with E-state index in [0.29, 0.717) is 11.4 Å². The van der Waals surface area contributed by atoms with Gasteiger partial charge in [-0.25, -0.2) is 13.6 Å². The van der Waals surface area contributed by atoms with Gasteiger partial charge in [0.1, 0.15) is 4.90 Å². The van der Waals surface area contributed by atoms with Crippen LogP contribution < -0.4 is 16.2 Å². The maximum atomic E-state index is 11.7. The minimum Gasteiger partial charge on any atom is -0.399 e. The second-order valence-corrected chi connectivity index (χ2v) is 6.36. The summed E-state index contributed by atoms with van der Waals surface area (Å²) in [5, 5.41) is 8.40. The number of primary sulfonamides is 1. The molecule has 6 heteroatoms. The molecule has 2 aromatic carbocycles. The second kappa shape index (κ2) is 6.15. The summed E-state index contributed by atoms with van der Waals surface area (Å²) < 4.78 is 23.4. The Balaban J connectivity index is 2.45. The van der Waals surface area contributed by atoms with Gasteiger partial charge < -0.3 is 11.1 Å². The number of nitrogens with two attached hydrogens (primary N) is 2. The van der Waals surface area contributed by atoms with Gasteiger partial charge in [0, 0.05) is 11.4 Å². The number of sulfonamides is 1. The molecule has 0 aliphatic carbocycles. The predicted octanol–water partition coefficient (Wildman–Crippen LogP) is 2.61. The Morgan fingerprint density at radius 1 is 1.10 bits per heavy atom. The minimum atomic E-state index is -3.84. The van der Waals surface area contributed by atoms with Gasteiger partial charge in [0.05, 0.1) is 5.69 Å². The van der Waals surface area contributed by atoms with Gasteiger partial charge in [-0.3, -0.25) is 0 Å². The lowest BCUT2D eigenvalue weighted by atomic mass is 10.1. The summed E-state index contributed by atoms with van der Waals surface area (Å²) in [5.74, 6) is 0. The summed E-state index contributed by atoms with van der Waals surface area (Å²) in [6.07, 6.45) is 1.91. The molecule has 5 N–H and O–H groups in total. The van der Waals surface area contributed by atoms with Crippen LogP contribution in [0.15, 0.2) is 47.4 Å². The van der Waals surface area contributed by atoms with E-state index in [9.17, 15) is 8.42 Å². The highest BCUT2D eigenvalue weighted by atomic mass is 32.2. The Hall–Kier alpha value is -2.05. The van der Waals surface area contributed by atoms with Crippen LogP contribution in [0.1, 0.15) is 18.9 Å². The highest BCUT2D eigenvalue weighted by Gasteiger charge is 2.15. The number of anilines is 3. The van der Waals surface area contributed by atoms with Crippen LogP contribution in [0.4, 0.5) is 17.1 Å². The van der Waals surface area contributed by atoms with Crippen molar-refractivity contribution in [1.82, 2.24) is 0 Å². The quantitative estimate of drug-likeness (QED) is 0.739. The molecule has 0 spiro atoms. The summed E-state index contributed by atoms with van der Waals surface area (Å²) in [4.78, 5) is -0.00574. The lowest BCUT2D eigenvalue weighted by molar-refractivity contribution is 0.598. The lowest BCUT2D eigenvalue weighted by Gasteiger charge is -2.14. The summed E-state index contributed by atoms with van der Waals surface area (Å²) in [7, 11) is -3.84. The molecule has 0 heterocycles. The third kappa shape index (κ3) is 3.74. The molecular formula is C15H19N3O2S. The van der Waals surface area contributed by atoms with E-state index in [0.717, 1.165) is 24.1 Å². The molecule has 0 amide bonds. The first-order chi connectivity index (χ1) is 9.91. The monoisotopic (exact) mass is 305 g/mol. The number of nitrogen functional groups attached to an aromatic ring is 1. The fourth-order valence-electron chi connectivity index (χ4n) is 2.15. The van der Waals surface area contributed by atoms with Gasteiger partial charge in [-0.05, 0) is 36.2 Å². The number of hydrogen-bond acceptors (Lipinski definition) is 4. The van der Waals surface area contributed by atoms with E-state index in [2.05, 4.69) is 12.2 Å². The van der Waals surface area contributed by atoms with E-state index in [1.807, 2.05) is 24.3 Å². The third-order valence-electron chi connectivity index (χ3n) is 3.12. The van der Waals surface area contributed by atoms with Crippen molar-refractivity contribution in [3.63, 3.8) is 0 Å². The van der Waals surface area contributed by atoms with Crippen molar-refractivity contribution < 1.29 is 8.42 Å². The minimum absolute atomic E-state index is 0.00574. The molecule has 0 radical (unpaired) electrons. The molecule has 0 atom stereocenters. The van der Waals surface area contributed by atoms with Crippen LogP contribution in [0.3, 0.4) is 0 Å². The van der Waals surface area contributed by atoms with Crippen molar-refractivity contribution in [2.45, 2.75) is 24.7 Å². The molecular weight excluding hydrogens is 286 g/mol. The zero-order valence-corrected chi connectivity index (χ0v) is 12.7. The van der Waals surface area contributed by atoms with Crippen LogP contribution in [0.2, 0.25) is 0 Å². The van der Waals surface area contributed by atoms with Crippen molar-refractivity contribution in [3.05, 3.63) is 48.0 Å². The molecule has 0 saturated heterocycles. The van der Waals surface area contributed by atoms with Crippen LogP contribution in [0.5, 0.6) is 0 Å². The van der Waals surface area contributed by atoms with Crippen molar-refractivity contribution in [2.24, 2.45) is 5.14 Å². The average Bonchev–Trinajstić information content (AvgIpc) is 2.42. The van der Waals surface area contributed by atoms with E-state index in [4.69, 9.17) is 10.9 Å². The largest absolute Gasteiger partial charge is 0.399 e. The van der Waals surface area contributed by atoms with Crippen molar-refractivity contribution in [1.29, 1.82) is 0 Å². The van der Waals surface area contributed by atoms with Gasteiger partial charge in [-0.2, -0.15) is 0 Å². The Kier molecular flexibility index (Phi) is 4.50. The maximum absolute atomic E-state index is 11.7. The Labute approximate surface area is 125 Å². The molecule has 0 fully saturated rings. The fourth-order valence-corrected chi connectivity index (χ4v) is 2.88. The normalized spacial score (nSPS) is 11.3. The molecule has 21 heavy (non-hydrogen) atoms. The Morgan fingerprint density at radius 3 is 2.48 bits per heavy atom. The molecule has 0 aliphatic heterocycles. The van der Waals surface area contributed by atoms with Crippen molar-refractivity contribution in [2.75, 3.05) is 11.1 Å². The molecule has 0 saturated carbocycles. The van der Waals surface area contributed by atoms with E-state index >= 15 is 0 Å². The van der Waals surface area contributed by atoms with Gasteiger partial charge in [-0.1, -0.05) is 31.5 Å². The van der Waals surface area contributed by atoms with Gasteiger partial charge in [0.25, 0.3) is 0 Å². The Morgan fingerprint density at radius 2 is 1.81 bits per heavy atom. The highest BCUT2D eigenvalue weighted by Crippen LogP contribution is 2.28. The van der Waals surface area contributed by atoms with Gasteiger partial charge >= 0.3 is 0 Å². The number of nitrogens with one attached hydrogen (secondary N) is 1. The second-order valence-electron chi connectivity index (χ2n) is 4.83. The molecule has 112 valence electrons. The van der Waals surface area contributed by atoms with Crippen LogP contribution in [0, 0.1) is 0 Å². The van der Waals surface area contributed by atoms with Gasteiger partial charge in [0.15, 0.2) is 0 Å². The van der Waals surface area contributed by atoms with Crippen LogP contribution in [-0.2, 0) is 16.4 Å². The number of aryl methyl sites for hydroxylation is 1. The van der Waals surface area contributed by atoms with Crippen molar-refractivity contribution >= 4 is 27.1 Å². The lowest BCUT2D eigenvalue weighted by Crippen LogP contribution is -2.14. The standard InChI is InChI=1S/C15H19N3O2S/c1-2-5-11-6-3-4-7-13(11)18-14-9-8-12(16)10-15(14)21(17,19)20/h3-4,6-10,18H,2,5,16H2,1H3,(H2,17,19,20). The molecule has 0 aromatic heterocycles. The molecule has 2 aromatic rings. The summed E-state index contributed by atoms with van der Waals surface area (Å²) >= 11 is 0. The molecule has 0 bridgehead atoms. The van der Waals surface area contributed by atoms with Crippen molar-refractivity contribution in [3.8, 4) is 0 Å². The molecule has 0 aliphatic rings. The number of hydrogen-bond donors (Lipinski definition) is 3. The van der Waals surface area contributed by atoms with E-state index < -0.39 is 10.0 Å². The SMILES string of the molecule is CCCc1ccccc1Nc1ccc(N)cc1S(N)(=O)=O. The van der Waals surface area contributed by atoms with E-state index in [-0.39, 0.29) is 4.90 Å².